The van der Waals surface area contributed by atoms with Crippen LogP contribution in [0.5, 0.6) is 0 Å². The molecule has 1 atom stereocenters. The van der Waals surface area contributed by atoms with Crippen LogP contribution in [0.2, 0.25) is 0 Å². The van der Waals surface area contributed by atoms with E-state index in [0.717, 1.165) is 5.56 Å². The standard InChI is InChI=1S/C19H16O3/c1-2-9-17(18(20)16-12-7-4-8-13-16)19(21)22-14-15-10-5-3-6-11-15/h1,3-8,10-13,17H,9,14H2. The fourth-order valence-corrected chi connectivity index (χ4v) is 2.03. The topological polar surface area (TPSA) is 43.4 Å². The molecule has 2 rings (SSSR count). The van der Waals surface area contributed by atoms with Crippen molar-refractivity contribution in [3.8, 4) is 12.3 Å². The summed E-state index contributed by atoms with van der Waals surface area (Å²) in [6.07, 6.45) is 5.31. The highest BCUT2D eigenvalue weighted by Gasteiger charge is 2.28. The van der Waals surface area contributed by atoms with E-state index in [1.807, 2.05) is 30.3 Å². The predicted molar refractivity (Wildman–Crippen MR) is 84.0 cm³/mol. The molecule has 0 radical (unpaired) electrons. The van der Waals surface area contributed by atoms with Crippen LogP contribution in [0.3, 0.4) is 0 Å². The van der Waals surface area contributed by atoms with Crippen molar-refractivity contribution in [2.24, 2.45) is 5.92 Å². The first-order valence-electron chi connectivity index (χ1n) is 6.95. The van der Waals surface area contributed by atoms with E-state index in [4.69, 9.17) is 11.2 Å². The molecule has 0 saturated heterocycles. The molecule has 0 N–H and O–H groups in total. The highest BCUT2D eigenvalue weighted by atomic mass is 16.5. The van der Waals surface area contributed by atoms with Gasteiger partial charge in [-0.3, -0.25) is 9.59 Å². The minimum absolute atomic E-state index is 0.0291. The van der Waals surface area contributed by atoms with E-state index in [-0.39, 0.29) is 18.8 Å². The van der Waals surface area contributed by atoms with Crippen LogP contribution >= 0.6 is 0 Å². The number of hydrogen-bond donors (Lipinski definition) is 0. The van der Waals surface area contributed by atoms with Gasteiger partial charge in [-0.25, -0.2) is 0 Å². The molecule has 0 aliphatic carbocycles. The second-order valence-electron chi connectivity index (χ2n) is 4.78. The maximum absolute atomic E-state index is 12.4. The van der Waals surface area contributed by atoms with Crippen LogP contribution in [-0.4, -0.2) is 11.8 Å². The van der Waals surface area contributed by atoms with Crippen molar-refractivity contribution < 1.29 is 14.3 Å². The van der Waals surface area contributed by atoms with Gasteiger partial charge in [0.1, 0.15) is 12.5 Å². The maximum atomic E-state index is 12.4. The van der Waals surface area contributed by atoms with Gasteiger partial charge in [-0.1, -0.05) is 60.7 Å². The number of esters is 1. The van der Waals surface area contributed by atoms with Crippen molar-refractivity contribution in [1.82, 2.24) is 0 Å². The molecule has 0 spiro atoms. The van der Waals surface area contributed by atoms with Gasteiger partial charge in [-0.05, 0) is 5.56 Å². The zero-order valence-corrected chi connectivity index (χ0v) is 12.1. The molecule has 0 bridgehead atoms. The van der Waals surface area contributed by atoms with Crippen LogP contribution < -0.4 is 0 Å². The summed E-state index contributed by atoms with van der Waals surface area (Å²) in [6, 6.07) is 17.9. The Morgan fingerprint density at radius 2 is 1.59 bits per heavy atom. The average Bonchev–Trinajstić information content (AvgIpc) is 2.58. The molecule has 110 valence electrons. The molecule has 3 nitrogen and oxygen atoms in total. The van der Waals surface area contributed by atoms with Crippen LogP contribution in [0.4, 0.5) is 0 Å². The van der Waals surface area contributed by atoms with Crippen molar-refractivity contribution >= 4 is 11.8 Å². The smallest absolute Gasteiger partial charge is 0.318 e. The Labute approximate surface area is 129 Å². The van der Waals surface area contributed by atoms with Crippen LogP contribution in [0.1, 0.15) is 22.3 Å². The molecule has 0 heterocycles. The van der Waals surface area contributed by atoms with Crippen LogP contribution in [0, 0.1) is 18.3 Å². The Balaban J connectivity index is 2.06. The lowest BCUT2D eigenvalue weighted by Gasteiger charge is -2.13. The van der Waals surface area contributed by atoms with E-state index in [1.165, 1.54) is 0 Å². The Hall–Kier alpha value is -2.86. The van der Waals surface area contributed by atoms with Crippen LogP contribution in [-0.2, 0) is 16.1 Å². The molecule has 0 fully saturated rings. The molecule has 0 aliphatic rings. The van der Waals surface area contributed by atoms with E-state index in [0.29, 0.717) is 5.56 Å². The third-order valence-electron chi connectivity index (χ3n) is 3.21. The Bertz CT molecular complexity index is 669. The molecule has 1 unspecified atom stereocenters. The number of ketones is 1. The van der Waals surface area contributed by atoms with Gasteiger partial charge in [0.05, 0.1) is 0 Å². The molecular weight excluding hydrogens is 276 g/mol. The van der Waals surface area contributed by atoms with Crippen LogP contribution in [0.15, 0.2) is 60.7 Å². The number of carbonyl (C=O) groups excluding carboxylic acids is 2. The second-order valence-corrected chi connectivity index (χ2v) is 4.78. The second kappa shape index (κ2) is 7.80. The normalized spacial score (nSPS) is 11.2. The monoisotopic (exact) mass is 292 g/mol. The highest BCUT2D eigenvalue weighted by Crippen LogP contribution is 2.15. The Morgan fingerprint density at radius 1 is 1.00 bits per heavy atom. The fourth-order valence-electron chi connectivity index (χ4n) is 2.03. The SMILES string of the molecule is C#CCC(C(=O)OCc1ccccc1)C(=O)c1ccccc1. The van der Waals surface area contributed by atoms with Crippen molar-refractivity contribution in [2.75, 3.05) is 0 Å². The number of rotatable bonds is 6. The summed E-state index contributed by atoms with van der Waals surface area (Å²) in [6.45, 7) is 0.128. The quantitative estimate of drug-likeness (QED) is 0.355. The van der Waals surface area contributed by atoms with E-state index in [9.17, 15) is 9.59 Å². The summed E-state index contributed by atoms with van der Waals surface area (Å²) in [5.74, 6) is 0.518. The van der Waals surface area contributed by atoms with Gasteiger partial charge in [0, 0.05) is 12.0 Å². The summed E-state index contributed by atoms with van der Waals surface area (Å²) in [4.78, 5) is 24.6. The van der Waals surface area contributed by atoms with Gasteiger partial charge in [-0.15, -0.1) is 12.3 Å². The van der Waals surface area contributed by atoms with Crippen molar-refractivity contribution in [3.63, 3.8) is 0 Å². The number of Topliss-reactive ketones (excluding diaryl/α,β-unsaturated/α-hetero) is 1. The van der Waals surface area contributed by atoms with Gasteiger partial charge in [0.25, 0.3) is 0 Å². The van der Waals surface area contributed by atoms with E-state index in [2.05, 4.69) is 5.92 Å². The van der Waals surface area contributed by atoms with Gasteiger partial charge in [0.2, 0.25) is 0 Å². The van der Waals surface area contributed by atoms with Crippen molar-refractivity contribution in [1.29, 1.82) is 0 Å². The summed E-state index contributed by atoms with van der Waals surface area (Å²) >= 11 is 0. The molecule has 0 saturated carbocycles. The summed E-state index contributed by atoms with van der Waals surface area (Å²) in [7, 11) is 0. The maximum Gasteiger partial charge on any atom is 0.318 e. The number of hydrogen-bond acceptors (Lipinski definition) is 3. The first-order valence-corrected chi connectivity index (χ1v) is 6.95. The minimum Gasteiger partial charge on any atom is -0.460 e. The van der Waals surface area contributed by atoms with Gasteiger partial charge in [0.15, 0.2) is 5.78 Å². The minimum atomic E-state index is -0.962. The predicted octanol–water partition coefficient (Wildman–Crippen LogP) is 3.25. The number of carbonyl (C=O) groups is 2. The molecule has 0 aromatic heterocycles. The number of benzene rings is 2. The number of terminal acetylenes is 1. The van der Waals surface area contributed by atoms with E-state index < -0.39 is 11.9 Å². The van der Waals surface area contributed by atoms with Crippen LogP contribution in [0.25, 0.3) is 0 Å². The molecule has 2 aromatic carbocycles. The van der Waals surface area contributed by atoms with E-state index in [1.54, 1.807) is 30.3 Å². The lowest BCUT2D eigenvalue weighted by atomic mass is 9.95. The lowest BCUT2D eigenvalue weighted by molar-refractivity contribution is -0.147. The lowest BCUT2D eigenvalue weighted by Crippen LogP contribution is -2.26. The number of ether oxygens (including phenoxy) is 1. The third-order valence-corrected chi connectivity index (χ3v) is 3.21. The van der Waals surface area contributed by atoms with Crippen molar-refractivity contribution in [3.05, 3.63) is 71.8 Å². The van der Waals surface area contributed by atoms with E-state index >= 15 is 0 Å². The Morgan fingerprint density at radius 3 is 2.18 bits per heavy atom. The van der Waals surface area contributed by atoms with Crippen molar-refractivity contribution in [2.45, 2.75) is 13.0 Å². The average molecular weight is 292 g/mol. The molecule has 0 aliphatic heterocycles. The largest absolute Gasteiger partial charge is 0.460 e. The fraction of sp³-hybridized carbons (Fsp3) is 0.158. The first kappa shape index (κ1) is 15.5. The van der Waals surface area contributed by atoms with Gasteiger partial charge < -0.3 is 4.74 Å². The molecule has 3 heteroatoms. The van der Waals surface area contributed by atoms with Gasteiger partial charge in [-0.2, -0.15) is 0 Å². The highest BCUT2D eigenvalue weighted by molar-refractivity contribution is 6.08. The zero-order valence-electron chi connectivity index (χ0n) is 12.1. The summed E-state index contributed by atoms with van der Waals surface area (Å²) in [5, 5.41) is 0. The molecule has 0 amide bonds. The first-order chi connectivity index (χ1) is 10.7. The molecular formula is C19H16O3. The molecule has 22 heavy (non-hydrogen) atoms. The third kappa shape index (κ3) is 4.07. The summed E-state index contributed by atoms with van der Waals surface area (Å²) < 4.78 is 5.23. The Kier molecular flexibility index (Phi) is 5.50. The summed E-state index contributed by atoms with van der Waals surface area (Å²) in [5.41, 5.74) is 1.32. The zero-order chi connectivity index (χ0) is 15.8. The molecule has 2 aromatic rings. The van der Waals surface area contributed by atoms with Gasteiger partial charge >= 0.3 is 5.97 Å².